The van der Waals surface area contributed by atoms with Crippen molar-refractivity contribution in [1.29, 1.82) is 0 Å². The van der Waals surface area contributed by atoms with Crippen LogP contribution in [0, 0.1) is 6.08 Å². The average Bonchev–Trinajstić information content (AvgIpc) is 2.93. The van der Waals surface area contributed by atoms with Crippen molar-refractivity contribution in [3.8, 4) is 5.75 Å². The van der Waals surface area contributed by atoms with Crippen LogP contribution in [-0.2, 0) is 38.0 Å². The van der Waals surface area contributed by atoms with Gasteiger partial charge in [-0.15, -0.1) is 6.42 Å². The Hall–Kier alpha value is 0.174. The molecular formula is C23H35Br2OTi-3. The van der Waals surface area contributed by atoms with Crippen molar-refractivity contribution in [2.45, 2.75) is 85.0 Å². The zero-order valence-corrected chi connectivity index (χ0v) is 23.0. The molecule has 1 nitrogen and oxygen atoms in total. The summed E-state index contributed by atoms with van der Waals surface area (Å²) in [5.74, 6) is 0.466. The maximum atomic E-state index is 10.7. The van der Waals surface area contributed by atoms with Gasteiger partial charge in [0.25, 0.3) is 0 Å². The first-order valence-corrected chi connectivity index (χ1v) is 8.85. The first kappa shape index (κ1) is 31.9. The Balaban J connectivity index is -0.000000625. The van der Waals surface area contributed by atoms with E-state index in [9.17, 15) is 5.11 Å². The molecule has 1 aliphatic rings. The van der Waals surface area contributed by atoms with Gasteiger partial charge in [0.15, 0.2) is 0 Å². The van der Waals surface area contributed by atoms with E-state index in [4.69, 9.17) is 0 Å². The summed E-state index contributed by atoms with van der Waals surface area (Å²) in [7, 11) is 0. The Morgan fingerprint density at radius 3 is 1.37 bits per heavy atom. The summed E-state index contributed by atoms with van der Waals surface area (Å²) >= 11 is 0. The fraction of sp³-hybridized carbons (Fsp3) is 0.565. The van der Waals surface area contributed by atoms with Crippen molar-refractivity contribution in [3.63, 3.8) is 0 Å². The number of phenolic OH excluding ortho intramolecular Hbond substituents is 1. The Bertz CT molecular complexity index is 582. The van der Waals surface area contributed by atoms with E-state index >= 15 is 0 Å². The molecule has 0 heterocycles. The van der Waals surface area contributed by atoms with Crippen LogP contribution >= 0.6 is 0 Å². The Labute approximate surface area is 203 Å². The quantitative estimate of drug-likeness (QED) is 0.382. The second kappa shape index (κ2) is 12.0. The van der Waals surface area contributed by atoms with Crippen molar-refractivity contribution in [3.05, 3.63) is 53.1 Å². The normalized spacial score (nSPS) is 12.9. The molecule has 0 bridgehead atoms. The standard InChI is InChI=1S/C18H30O.C5H5.2BrH.Ti/c1-16(2,3)12-10-13(17(4,5)6)15(19)14(11-12)18(7,8)9;1-2-4-5-3-1;;;/h10-11,19H,1-9H3;1-3H,4H2;2*1H;/q;-1;;;/p-2. The van der Waals surface area contributed by atoms with E-state index in [0.29, 0.717) is 5.75 Å². The first-order chi connectivity index (χ1) is 10.7. The molecule has 0 unspecified atom stereocenters. The molecule has 1 aliphatic carbocycles. The van der Waals surface area contributed by atoms with Gasteiger partial charge >= 0.3 is 0 Å². The molecule has 4 heteroatoms. The van der Waals surface area contributed by atoms with Crippen molar-refractivity contribution >= 4 is 0 Å². The fourth-order valence-electron chi connectivity index (χ4n) is 2.55. The van der Waals surface area contributed by atoms with E-state index in [2.05, 4.69) is 86.6 Å². The Morgan fingerprint density at radius 2 is 1.19 bits per heavy atom. The van der Waals surface area contributed by atoms with Crippen LogP contribution < -0.4 is 34.0 Å². The summed E-state index contributed by atoms with van der Waals surface area (Å²) in [4.78, 5) is 0. The van der Waals surface area contributed by atoms with Crippen LogP contribution in [0.15, 0.2) is 30.4 Å². The smallest absolute Gasteiger partial charge is 0.123 e. The van der Waals surface area contributed by atoms with Gasteiger partial charge in [0.05, 0.1) is 0 Å². The topological polar surface area (TPSA) is 20.2 Å². The molecule has 0 spiro atoms. The Morgan fingerprint density at radius 1 is 0.778 bits per heavy atom. The summed E-state index contributed by atoms with van der Waals surface area (Å²) in [6.45, 7) is 19.6. The zero-order valence-electron chi connectivity index (χ0n) is 18.3. The number of benzene rings is 1. The number of halogens is 2. The van der Waals surface area contributed by atoms with E-state index in [-0.39, 0.29) is 71.9 Å². The molecule has 1 N–H and O–H groups in total. The minimum absolute atomic E-state index is 0. The second-order valence-electron chi connectivity index (χ2n) is 9.67. The van der Waals surface area contributed by atoms with E-state index in [1.54, 1.807) is 0 Å². The molecule has 0 atom stereocenters. The van der Waals surface area contributed by atoms with Gasteiger partial charge in [-0.3, -0.25) is 6.08 Å². The van der Waals surface area contributed by atoms with E-state index in [1.807, 2.05) is 12.2 Å². The number of rotatable bonds is 0. The van der Waals surface area contributed by atoms with Gasteiger partial charge in [0.1, 0.15) is 5.75 Å². The monoisotopic (exact) mass is 533 g/mol. The van der Waals surface area contributed by atoms with Gasteiger partial charge < -0.3 is 39.1 Å². The number of phenols is 1. The van der Waals surface area contributed by atoms with Gasteiger partial charge in [-0.25, -0.2) is 12.2 Å². The largest absolute Gasteiger partial charge is 1.00 e. The van der Waals surface area contributed by atoms with Crippen LogP contribution in [0.1, 0.15) is 85.4 Å². The summed E-state index contributed by atoms with van der Waals surface area (Å²) in [5.41, 5.74) is 3.37. The third-order valence-corrected chi connectivity index (χ3v) is 4.18. The van der Waals surface area contributed by atoms with Crippen molar-refractivity contribution < 1.29 is 60.8 Å². The molecule has 0 fully saturated rings. The molecule has 0 amide bonds. The summed E-state index contributed by atoms with van der Waals surface area (Å²) < 4.78 is 0. The maximum absolute atomic E-state index is 10.7. The van der Waals surface area contributed by atoms with Gasteiger partial charge in [0.2, 0.25) is 0 Å². The molecule has 1 aromatic rings. The van der Waals surface area contributed by atoms with Crippen LogP contribution in [0.25, 0.3) is 0 Å². The fourth-order valence-corrected chi connectivity index (χ4v) is 2.55. The van der Waals surface area contributed by atoms with Crippen LogP contribution in [0.5, 0.6) is 5.75 Å². The van der Waals surface area contributed by atoms with Crippen LogP contribution in [-0.4, -0.2) is 5.11 Å². The van der Waals surface area contributed by atoms with Crippen molar-refractivity contribution in [2.75, 3.05) is 0 Å². The summed E-state index contributed by atoms with van der Waals surface area (Å²) in [6, 6.07) is 4.34. The third-order valence-electron chi connectivity index (χ3n) is 4.18. The number of allylic oxidation sites excluding steroid dienone is 4. The van der Waals surface area contributed by atoms with Crippen LogP contribution in [0.3, 0.4) is 0 Å². The number of hydrogen-bond acceptors (Lipinski definition) is 1. The average molecular weight is 535 g/mol. The van der Waals surface area contributed by atoms with Crippen molar-refractivity contribution in [1.82, 2.24) is 0 Å². The Kier molecular flexibility index (Phi) is 14.2. The minimum Gasteiger partial charge on any atom is -1.00 e. The number of hydrogen-bond donors (Lipinski definition) is 1. The van der Waals surface area contributed by atoms with Crippen LogP contribution in [0.4, 0.5) is 0 Å². The second-order valence-corrected chi connectivity index (χ2v) is 9.67. The molecule has 2 rings (SSSR count). The van der Waals surface area contributed by atoms with Gasteiger partial charge in [-0.1, -0.05) is 74.4 Å². The summed E-state index contributed by atoms with van der Waals surface area (Å²) in [6.07, 6.45) is 10.0. The van der Waals surface area contributed by atoms with E-state index in [0.717, 1.165) is 17.5 Å². The van der Waals surface area contributed by atoms with Gasteiger partial charge in [-0.05, 0) is 32.9 Å². The SMILES string of the molecule is CC(C)(C)c1cc(C(C)(C)C)c(O)c(C(C)(C)C)c1.[Br-].[Br-].[C-]1=CC=CC1.[Ti]. The summed E-state index contributed by atoms with van der Waals surface area (Å²) in [5, 5.41) is 10.7. The molecule has 0 saturated heterocycles. The predicted octanol–water partition coefficient (Wildman–Crippen LogP) is 0.596. The molecule has 0 aromatic heterocycles. The molecule has 1 aromatic carbocycles. The molecular weight excluding hydrogens is 500 g/mol. The predicted molar refractivity (Wildman–Crippen MR) is 106 cm³/mol. The van der Waals surface area contributed by atoms with Crippen LogP contribution in [0.2, 0.25) is 0 Å². The minimum atomic E-state index is -0.0503. The van der Waals surface area contributed by atoms with Crippen molar-refractivity contribution in [2.24, 2.45) is 0 Å². The molecule has 27 heavy (non-hydrogen) atoms. The third kappa shape index (κ3) is 9.97. The number of aromatic hydroxyl groups is 1. The maximum Gasteiger partial charge on any atom is 0.123 e. The zero-order chi connectivity index (χ0) is 18.8. The van der Waals surface area contributed by atoms with Gasteiger partial charge in [-0.2, -0.15) is 6.08 Å². The molecule has 0 radical (unpaired) electrons. The first-order valence-electron chi connectivity index (χ1n) is 8.85. The molecule has 154 valence electrons. The van der Waals surface area contributed by atoms with Gasteiger partial charge in [0, 0.05) is 21.7 Å². The molecule has 0 aliphatic heterocycles. The van der Waals surface area contributed by atoms with E-state index < -0.39 is 0 Å². The van der Waals surface area contributed by atoms with E-state index in [1.165, 1.54) is 5.56 Å². The molecule has 0 saturated carbocycles.